The Hall–Kier alpha value is -2.79. The zero-order valence-corrected chi connectivity index (χ0v) is 18.0. The van der Waals surface area contributed by atoms with Crippen LogP contribution in [0.1, 0.15) is 25.3 Å². The maximum Gasteiger partial charge on any atom is 0.326 e. The molecule has 4 unspecified atom stereocenters. The average molecular weight is 453 g/mol. The minimum absolute atomic E-state index is 0.0590. The van der Waals surface area contributed by atoms with E-state index < -0.39 is 47.9 Å². The summed E-state index contributed by atoms with van der Waals surface area (Å²) in [5.74, 6) is -2.62. The smallest absolute Gasteiger partial charge is 0.326 e. The summed E-state index contributed by atoms with van der Waals surface area (Å²) in [6, 6.07) is 2.28. The molecule has 1 saturated heterocycles. The number of hydrogen-bond acceptors (Lipinski definition) is 7. The van der Waals surface area contributed by atoms with Crippen LogP contribution in [0.15, 0.2) is 24.3 Å². The predicted molar refractivity (Wildman–Crippen MR) is 116 cm³/mol. The van der Waals surface area contributed by atoms with Crippen LogP contribution >= 0.6 is 12.6 Å². The molecule has 0 aliphatic carbocycles. The number of hydrogen-bond donors (Lipinski definition) is 6. The summed E-state index contributed by atoms with van der Waals surface area (Å²) >= 11 is 3.98. The minimum atomic E-state index is -1.08. The van der Waals surface area contributed by atoms with Gasteiger partial charge in [0.15, 0.2) is 0 Å². The fraction of sp³-hybridized carbons (Fsp3) is 0.500. The highest BCUT2D eigenvalue weighted by Gasteiger charge is 2.37. The number of carboxylic acid groups (broad SMARTS) is 1. The molecule has 1 aromatic carbocycles. The maximum atomic E-state index is 12.9. The van der Waals surface area contributed by atoms with E-state index in [1.807, 2.05) is 0 Å². The van der Waals surface area contributed by atoms with Gasteiger partial charge in [0.2, 0.25) is 17.7 Å². The Bertz CT molecular complexity index is 818. The minimum Gasteiger partial charge on any atom is -0.508 e. The summed E-state index contributed by atoms with van der Waals surface area (Å²) in [6.45, 7) is 1.77. The molecular weight excluding hydrogens is 424 g/mol. The van der Waals surface area contributed by atoms with Gasteiger partial charge in [-0.1, -0.05) is 12.1 Å². The van der Waals surface area contributed by atoms with E-state index in [4.69, 9.17) is 5.73 Å². The Balaban J connectivity index is 2.11. The molecule has 6 N–H and O–H groups in total. The van der Waals surface area contributed by atoms with Crippen molar-refractivity contribution in [2.45, 2.75) is 50.4 Å². The van der Waals surface area contributed by atoms with Crippen molar-refractivity contribution < 1.29 is 29.4 Å². The lowest BCUT2D eigenvalue weighted by atomic mass is 10.0. The number of amides is 3. The highest BCUT2D eigenvalue weighted by atomic mass is 32.1. The van der Waals surface area contributed by atoms with Crippen molar-refractivity contribution in [3.63, 3.8) is 0 Å². The average Bonchev–Trinajstić information content (AvgIpc) is 3.23. The summed E-state index contributed by atoms with van der Waals surface area (Å²) in [5, 5.41) is 23.8. The maximum absolute atomic E-state index is 12.9. The first kappa shape index (κ1) is 24.5. The summed E-state index contributed by atoms with van der Waals surface area (Å²) in [7, 11) is 0. The first-order chi connectivity index (χ1) is 14.6. The van der Waals surface area contributed by atoms with Crippen molar-refractivity contribution in [3.05, 3.63) is 29.8 Å². The van der Waals surface area contributed by atoms with Crippen LogP contribution in [0, 0.1) is 0 Å². The van der Waals surface area contributed by atoms with Crippen molar-refractivity contribution in [2.75, 3.05) is 12.3 Å². The van der Waals surface area contributed by atoms with Crippen LogP contribution in [0.3, 0.4) is 0 Å². The summed E-state index contributed by atoms with van der Waals surface area (Å²) in [6.07, 6.45) is 1.03. The number of aliphatic carboxylic acids is 1. The van der Waals surface area contributed by atoms with Crippen LogP contribution in [-0.2, 0) is 25.6 Å². The Morgan fingerprint density at radius 1 is 1.19 bits per heavy atom. The molecule has 0 spiro atoms. The predicted octanol–water partition coefficient (Wildman–Crippen LogP) is -0.743. The number of carboxylic acids is 1. The lowest BCUT2D eigenvalue weighted by Crippen LogP contribution is -2.57. The van der Waals surface area contributed by atoms with Crippen LogP contribution in [0.25, 0.3) is 0 Å². The van der Waals surface area contributed by atoms with Crippen LogP contribution in [0.4, 0.5) is 0 Å². The number of phenols is 1. The number of benzene rings is 1. The van der Waals surface area contributed by atoms with Gasteiger partial charge in [-0.25, -0.2) is 4.79 Å². The molecule has 11 heteroatoms. The second kappa shape index (κ2) is 11.0. The number of rotatable bonds is 9. The molecule has 1 aliphatic rings. The van der Waals surface area contributed by atoms with E-state index >= 15 is 0 Å². The number of nitrogens with one attached hydrogen (secondary N) is 2. The van der Waals surface area contributed by atoms with Gasteiger partial charge in [0.1, 0.15) is 23.9 Å². The molecule has 1 aromatic rings. The number of phenolic OH excluding ortho intramolecular Hbond substituents is 1. The Labute approximate surface area is 185 Å². The number of carbonyl (C=O) groups is 4. The number of thiol groups is 1. The van der Waals surface area contributed by atoms with Gasteiger partial charge in [-0.05, 0) is 37.5 Å². The van der Waals surface area contributed by atoms with Crippen LogP contribution in [0.5, 0.6) is 5.75 Å². The lowest BCUT2D eigenvalue weighted by molar-refractivity contribution is -0.149. The Morgan fingerprint density at radius 3 is 2.42 bits per heavy atom. The topological polar surface area (TPSA) is 162 Å². The fourth-order valence-corrected chi connectivity index (χ4v) is 3.52. The summed E-state index contributed by atoms with van der Waals surface area (Å²) in [4.78, 5) is 50.4. The number of carbonyl (C=O) groups excluding carboxylic acids is 3. The molecule has 0 saturated carbocycles. The normalized spacial score (nSPS) is 18.7. The van der Waals surface area contributed by atoms with Crippen molar-refractivity contribution >= 4 is 36.3 Å². The van der Waals surface area contributed by atoms with E-state index in [1.165, 1.54) is 24.0 Å². The Morgan fingerprint density at radius 2 is 1.84 bits per heavy atom. The van der Waals surface area contributed by atoms with E-state index in [9.17, 15) is 29.4 Å². The number of nitrogens with zero attached hydrogens (tertiary/aromatic N) is 1. The molecule has 2 rings (SSSR count). The molecule has 0 radical (unpaired) electrons. The second-order valence-electron chi connectivity index (χ2n) is 7.48. The summed E-state index contributed by atoms with van der Waals surface area (Å²) < 4.78 is 0. The first-order valence-electron chi connectivity index (χ1n) is 9.92. The van der Waals surface area contributed by atoms with Crippen molar-refractivity contribution in [1.82, 2.24) is 15.5 Å². The fourth-order valence-electron chi connectivity index (χ4n) is 3.35. The van der Waals surface area contributed by atoms with Gasteiger partial charge in [-0.3, -0.25) is 14.4 Å². The molecule has 170 valence electrons. The van der Waals surface area contributed by atoms with E-state index in [0.717, 1.165) is 0 Å². The van der Waals surface area contributed by atoms with Crippen LogP contribution in [0.2, 0.25) is 0 Å². The third-order valence-corrected chi connectivity index (χ3v) is 5.49. The standard InChI is InChI=1S/C20H28N4O6S/c1-11(19(28)24-8-2-3-16(24)20(29)30)22-18(27)15(23-17(26)14(21)10-31)9-12-4-6-13(25)7-5-12/h4-7,11,14-16,25,31H,2-3,8-10,21H2,1H3,(H,22,27)(H,23,26)(H,29,30). The van der Waals surface area contributed by atoms with Gasteiger partial charge in [0, 0.05) is 18.7 Å². The summed E-state index contributed by atoms with van der Waals surface area (Å²) in [5.41, 5.74) is 6.35. The highest BCUT2D eigenvalue weighted by Crippen LogP contribution is 2.18. The molecule has 1 aliphatic heterocycles. The largest absolute Gasteiger partial charge is 0.508 e. The molecule has 4 atom stereocenters. The van der Waals surface area contributed by atoms with Gasteiger partial charge in [-0.15, -0.1) is 0 Å². The van der Waals surface area contributed by atoms with Gasteiger partial charge in [0.25, 0.3) is 0 Å². The van der Waals surface area contributed by atoms with Gasteiger partial charge in [-0.2, -0.15) is 12.6 Å². The molecule has 3 amide bonds. The molecule has 1 fully saturated rings. The van der Waals surface area contributed by atoms with Gasteiger partial charge in [0.05, 0.1) is 6.04 Å². The first-order valence-corrected chi connectivity index (χ1v) is 10.6. The van der Waals surface area contributed by atoms with Gasteiger partial charge < -0.3 is 31.5 Å². The van der Waals surface area contributed by atoms with E-state index in [1.54, 1.807) is 12.1 Å². The van der Waals surface area contributed by atoms with E-state index in [-0.39, 0.29) is 17.9 Å². The third kappa shape index (κ3) is 6.59. The number of nitrogens with two attached hydrogens (primary N) is 1. The third-order valence-electron chi connectivity index (χ3n) is 5.09. The zero-order valence-electron chi connectivity index (χ0n) is 17.2. The SMILES string of the molecule is CC(NC(=O)C(Cc1ccc(O)cc1)NC(=O)C(N)CS)C(=O)N1CCCC1C(=O)O. The quantitative estimate of drug-likeness (QED) is 0.269. The van der Waals surface area contributed by atoms with Gasteiger partial charge >= 0.3 is 5.97 Å². The lowest BCUT2D eigenvalue weighted by Gasteiger charge is -2.27. The number of aromatic hydroxyl groups is 1. The monoisotopic (exact) mass is 452 g/mol. The van der Waals surface area contributed by atoms with E-state index in [0.29, 0.717) is 24.9 Å². The van der Waals surface area contributed by atoms with Crippen molar-refractivity contribution in [3.8, 4) is 5.75 Å². The molecule has 1 heterocycles. The molecule has 31 heavy (non-hydrogen) atoms. The number of likely N-dealkylation sites (tertiary alicyclic amines) is 1. The van der Waals surface area contributed by atoms with Crippen LogP contribution in [-0.4, -0.2) is 75.3 Å². The van der Waals surface area contributed by atoms with Crippen molar-refractivity contribution in [2.24, 2.45) is 5.73 Å². The van der Waals surface area contributed by atoms with Crippen LogP contribution < -0.4 is 16.4 Å². The second-order valence-corrected chi connectivity index (χ2v) is 7.84. The molecule has 10 nitrogen and oxygen atoms in total. The molecular formula is C20H28N4O6S. The zero-order chi connectivity index (χ0) is 23.1. The molecule has 0 bridgehead atoms. The van der Waals surface area contributed by atoms with Crippen molar-refractivity contribution in [1.29, 1.82) is 0 Å². The molecule has 0 aromatic heterocycles. The highest BCUT2D eigenvalue weighted by molar-refractivity contribution is 7.80. The Kier molecular flexibility index (Phi) is 8.69. The van der Waals surface area contributed by atoms with E-state index in [2.05, 4.69) is 23.3 Å².